The summed E-state index contributed by atoms with van der Waals surface area (Å²) in [6.45, 7) is 11.2. The van der Waals surface area contributed by atoms with Crippen LogP contribution in [-0.4, -0.2) is 47.2 Å². The predicted octanol–water partition coefficient (Wildman–Crippen LogP) is 3.80. The van der Waals surface area contributed by atoms with Gasteiger partial charge in [0.15, 0.2) is 0 Å². The van der Waals surface area contributed by atoms with Crippen molar-refractivity contribution in [2.45, 2.75) is 44.6 Å². The molecule has 0 saturated carbocycles. The second-order valence-electron chi connectivity index (χ2n) is 7.99. The number of nitrogens with one attached hydrogen (secondary N) is 1. The average molecular weight is 380 g/mol. The molecule has 0 radical (unpaired) electrons. The Labute approximate surface area is 159 Å². The number of hydrogen-bond donors (Lipinski definition) is 1. The van der Waals surface area contributed by atoms with Crippen LogP contribution in [0.4, 0.5) is 5.69 Å². The molecule has 1 amide bonds. The van der Waals surface area contributed by atoms with Gasteiger partial charge in [-0.3, -0.25) is 19.8 Å². The van der Waals surface area contributed by atoms with Crippen LogP contribution in [0.1, 0.15) is 44.5 Å². The Hall–Kier alpha value is -1.60. The maximum atomic E-state index is 12.7. The van der Waals surface area contributed by atoms with Gasteiger partial charge in [0.25, 0.3) is 11.6 Å². The Morgan fingerprint density at radius 2 is 1.96 bits per heavy atom. The van der Waals surface area contributed by atoms with E-state index in [-0.39, 0.29) is 16.8 Å². The minimum absolute atomic E-state index is 0.123. The molecule has 1 aromatic carbocycles. The molecule has 1 fully saturated rings. The standard InChI is InChI=1S/C19H29N3O3S/c1-13-8-14(2)11-21(10-13)19(3,4)12-20-18(23)16-9-15(26-5)6-7-17(16)22(24)25/h6-7,9,13-14H,8,10-12H2,1-5H3,(H,20,23). The number of hydrogen-bond acceptors (Lipinski definition) is 5. The summed E-state index contributed by atoms with van der Waals surface area (Å²) in [5, 5.41) is 14.2. The maximum Gasteiger partial charge on any atom is 0.282 e. The molecule has 1 saturated heterocycles. The Kier molecular flexibility index (Phi) is 6.69. The van der Waals surface area contributed by atoms with Crippen LogP contribution < -0.4 is 5.32 Å². The molecule has 6 nitrogen and oxygen atoms in total. The molecule has 0 bridgehead atoms. The molecule has 2 atom stereocenters. The van der Waals surface area contributed by atoms with Gasteiger partial charge in [-0.15, -0.1) is 11.8 Å². The van der Waals surface area contributed by atoms with Gasteiger partial charge in [0, 0.05) is 36.1 Å². The van der Waals surface area contributed by atoms with Gasteiger partial charge in [0.1, 0.15) is 5.56 Å². The van der Waals surface area contributed by atoms with Gasteiger partial charge >= 0.3 is 0 Å². The number of amides is 1. The van der Waals surface area contributed by atoms with Crippen molar-refractivity contribution in [1.29, 1.82) is 0 Å². The molecule has 0 aliphatic carbocycles. The lowest BCUT2D eigenvalue weighted by molar-refractivity contribution is -0.385. The summed E-state index contributed by atoms with van der Waals surface area (Å²) in [4.78, 5) is 26.7. The van der Waals surface area contributed by atoms with Crippen LogP contribution in [0, 0.1) is 22.0 Å². The van der Waals surface area contributed by atoms with E-state index in [1.807, 2.05) is 6.26 Å². The van der Waals surface area contributed by atoms with E-state index in [2.05, 4.69) is 37.9 Å². The van der Waals surface area contributed by atoms with Crippen LogP contribution in [-0.2, 0) is 0 Å². The lowest BCUT2D eigenvalue weighted by atomic mass is 9.88. The molecule has 1 aliphatic rings. The Balaban J connectivity index is 2.11. The van der Waals surface area contributed by atoms with Gasteiger partial charge < -0.3 is 5.32 Å². The maximum absolute atomic E-state index is 12.7. The number of thioether (sulfide) groups is 1. The highest BCUT2D eigenvalue weighted by atomic mass is 32.2. The quantitative estimate of drug-likeness (QED) is 0.462. The second-order valence-corrected chi connectivity index (χ2v) is 8.87. The van der Waals surface area contributed by atoms with E-state index in [4.69, 9.17) is 0 Å². The molecule has 1 aromatic rings. The molecule has 7 heteroatoms. The molecule has 0 spiro atoms. The van der Waals surface area contributed by atoms with Crippen molar-refractivity contribution in [1.82, 2.24) is 10.2 Å². The third kappa shape index (κ3) is 4.98. The van der Waals surface area contributed by atoms with E-state index < -0.39 is 10.8 Å². The summed E-state index contributed by atoms with van der Waals surface area (Å²) in [6, 6.07) is 4.66. The lowest BCUT2D eigenvalue weighted by Gasteiger charge is -2.45. The van der Waals surface area contributed by atoms with Crippen molar-refractivity contribution in [3.8, 4) is 0 Å². The first-order valence-corrected chi connectivity index (χ1v) is 10.2. The van der Waals surface area contributed by atoms with Gasteiger partial charge in [-0.25, -0.2) is 0 Å². The number of nitro groups is 1. The minimum Gasteiger partial charge on any atom is -0.350 e. The number of carbonyl (C=O) groups excluding carboxylic acids is 1. The van der Waals surface area contributed by atoms with Gasteiger partial charge in [0.05, 0.1) is 4.92 Å². The summed E-state index contributed by atoms with van der Waals surface area (Å²) >= 11 is 1.46. The van der Waals surface area contributed by atoms with E-state index in [0.717, 1.165) is 18.0 Å². The van der Waals surface area contributed by atoms with Gasteiger partial charge in [-0.05, 0) is 50.5 Å². The number of nitro benzene ring substituents is 1. The number of benzene rings is 1. The highest BCUT2D eigenvalue weighted by molar-refractivity contribution is 7.98. The van der Waals surface area contributed by atoms with Crippen LogP contribution in [0.25, 0.3) is 0 Å². The fourth-order valence-corrected chi connectivity index (χ4v) is 4.08. The zero-order valence-electron chi connectivity index (χ0n) is 16.2. The molecule has 2 rings (SSSR count). The molecule has 2 unspecified atom stereocenters. The van der Waals surface area contributed by atoms with Crippen LogP contribution >= 0.6 is 11.8 Å². The molecule has 26 heavy (non-hydrogen) atoms. The summed E-state index contributed by atoms with van der Waals surface area (Å²) in [5.74, 6) is 0.875. The lowest BCUT2D eigenvalue weighted by Crippen LogP contribution is -2.56. The van der Waals surface area contributed by atoms with Crippen molar-refractivity contribution in [3.05, 3.63) is 33.9 Å². The van der Waals surface area contributed by atoms with Crippen LogP contribution in [0.2, 0.25) is 0 Å². The molecular weight excluding hydrogens is 350 g/mol. The fraction of sp³-hybridized carbons (Fsp3) is 0.632. The topological polar surface area (TPSA) is 75.5 Å². The van der Waals surface area contributed by atoms with Gasteiger partial charge in [-0.2, -0.15) is 0 Å². The van der Waals surface area contributed by atoms with E-state index in [0.29, 0.717) is 18.4 Å². The predicted molar refractivity (Wildman–Crippen MR) is 106 cm³/mol. The SMILES string of the molecule is CSc1ccc([N+](=O)[O-])c(C(=O)NCC(C)(C)N2CC(C)CC(C)C2)c1. The third-order valence-corrected chi connectivity index (χ3v) is 5.78. The Morgan fingerprint density at radius 1 is 1.35 bits per heavy atom. The van der Waals surface area contributed by atoms with E-state index in [1.165, 1.54) is 24.2 Å². The van der Waals surface area contributed by atoms with Crippen LogP contribution in [0.15, 0.2) is 23.1 Å². The third-order valence-electron chi connectivity index (χ3n) is 5.05. The first-order valence-electron chi connectivity index (χ1n) is 8.99. The molecule has 1 aliphatic heterocycles. The molecule has 144 valence electrons. The zero-order chi connectivity index (χ0) is 19.5. The van der Waals surface area contributed by atoms with Crippen LogP contribution in [0.3, 0.4) is 0 Å². The van der Waals surface area contributed by atoms with Crippen LogP contribution in [0.5, 0.6) is 0 Å². The highest BCUT2D eigenvalue weighted by Crippen LogP contribution is 2.28. The average Bonchev–Trinajstić information content (AvgIpc) is 2.58. The zero-order valence-corrected chi connectivity index (χ0v) is 17.1. The first kappa shape index (κ1) is 20.7. The number of carbonyl (C=O) groups is 1. The van der Waals surface area contributed by atoms with Crippen molar-refractivity contribution in [2.24, 2.45) is 11.8 Å². The van der Waals surface area contributed by atoms with Gasteiger partial charge in [-0.1, -0.05) is 13.8 Å². The number of nitrogens with zero attached hydrogens (tertiary/aromatic N) is 2. The van der Waals surface area contributed by atoms with E-state index in [1.54, 1.807) is 12.1 Å². The van der Waals surface area contributed by atoms with Gasteiger partial charge in [0.2, 0.25) is 0 Å². The molecular formula is C19H29N3O3S. The Bertz CT molecular complexity index is 668. The summed E-state index contributed by atoms with van der Waals surface area (Å²) in [5.41, 5.74) is -0.235. The smallest absolute Gasteiger partial charge is 0.282 e. The number of piperidine rings is 1. The van der Waals surface area contributed by atoms with Crippen molar-refractivity contribution < 1.29 is 9.72 Å². The minimum atomic E-state index is -0.502. The number of rotatable bonds is 6. The molecule has 1 heterocycles. The second kappa shape index (κ2) is 8.39. The van der Waals surface area contributed by atoms with Crippen molar-refractivity contribution in [3.63, 3.8) is 0 Å². The normalized spacial score (nSPS) is 21.4. The van der Waals surface area contributed by atoms with E-state index >= 15 is 0 Å². The summed E-state index contributed by atoms with van der Waals surface area (Å²) < 4.78 is 0. The van der Waals surface area contributed by atoms with Crippen molar-refractivity contribution in [2.75, 3.05) is 25.9 Å². The van der Waals surface area contributed by atoms with Crippen molar-refractivity contribution >= 4 is 23.4 Å². The summed E-state index contributed by atoms with van der Waals surface area (Å²) in [7, 11) is 0. The first-order chi connectivity index (χ1) is 12.1. The summed E-state index contributed by atoms with van der Waals surface area (Å²) in [6.07, 6.45) is 3.11. The van der Waals surface area contributed by atoms with E-state index in [9.17, 15) is 14.9 Å². The highest BCUT2D eigenvalue weighted by Gasteiger charge is 2.33. The monoisotopic (exact) mass is 379 g/mol. The Morgan fingerprint density at radius 3 is 2.50 bits per heavy atom. The largest absolute Gasteiger partial charge is 0.350 e. The number of likely N-dealkylation sites (tertiary alicyclic amines) is 1. The molecule has 1 N–H and O–H groups in total. The molecule has 0 aromatic heterocycles. The fourth-order valence-electron chi connectivity index (χ4n) is 3.64.